The van der Waals surface area contributed by atoms with Gasteiger partial charge in [0.1, 0.15) is 6.54 Å². The Kier molecular flexibility index (Phi) is 4.42. The molecule has 2 rings (SSSR count). The number of benzene rings is 1. The van der Waals surface area contributed by atoms with Crippen molar-refractivity contribution in [1.82, 2.24) is 4.90 Å². The van der Waals surface area contributed by atoms with Gasteiger partial charge in [0.25, 0.3) is 0 Å². The number of rotatable bonds is 4. The van der Waals surface area contributed by atoms with E-state index < -0.39 is 23.9 Å². The van der Waals surface area contributed by atoms with Crippen LogP contribution in [0.4, 0.5) is 13.2 Å². The summed E-state index contributed by atoms with van der Waals surface area (Å²) in [6, 6.07) is 7.51. The van der Waals surface area contributed by atoms with E-state index >= 15 is 0 Å². The first-order valence-corrected chi connectivity index (χ1v) is 6.99. The largest absolute Gasteiger partial charge is 0.406 e. The number of amides is 1. The Morgan fingerprint density at radius 1 is 1.45 bits per heavy atom. The van der Waals surface area contributed by atoms with Crippen molar-refractivity contribution in [2.24, 2.45) is 0 Å². The second-order valence-corrected chi connectivity index (χ2v) is 5.79. The van der Waals surface area contributed by atoms with Gasteiger partial charge in [-0.15, -0.1) is 18.3 Å². The quantitative estimate of drug-likeness (QED) is 0.796. The number of nitrogens with zero attached hydrogens (tertiary/aromatic N) is 1. The van der Waals surface area contributed by atoms with Crippen LogP contribution < -0.4 is 0 Å². The van der Waals surface area contributed by atoms with E-state index in [0.717, 1.165) is 15.4 Å². The first kappa shape index (κ1) is 15.0. The summed E-state index contributed by atoms with van der Waals surface area (Å²) in [6.07, 6.45) is -2.60. The molecule has 0 fully saturated rings. The van der Waals surface area contributed by atoms with Crippen molar-refractivity contribution in [3.05, 3.63) is 42.5 Å². The highest BCUT2D eigenvalue weighted by Crippen LogP contribution is 2.37. The van der Waals surface area contributed by atoms with Crippen molar-refractivity contribution < 1.29 is 18.0 Å². The summed E-state index contributed by atoms with van der Waals surface area (Å²) in [7, 11) is 0. The Morgan fingerprint density at radius 3 is 2.75 bits per heavy atom. The summed E-state index contributed by atoms with van der Waals surface area (Å²) in [4.78, 5) is 14.0. The van der Waals surface area contributed by atoms with E-state index in [1.807, 2.05) is 24.3 Å². The monoisotopic (exact) mass is 301 g/mol. The molecule has 0 saturated carbocycles. The number of halogens is 3. The van der Waals surface area contributed by atoms with Gasteiger partial charge in [-0.3, -0.25) is 4.79 Å². The molecule has 1 heterocycles. The zero-order valence-corrected chi connectivity index (χ0v) is 11.5. The van der Waals surface area contributed by atoms with Gasteiger partial charge >= 0.3 is 6.18 Å². The standard InChI is InChI=1S/C14H14F3NOS/c1-2-7-18(9-14(15,16)17)13(19)12-8-10-5-3-4-6-11(10)20-12/h2-6,12H,1,7-9H2. The molecular weight excluding hydrogens is 287 g/mol. The Hall–Kier alpha value is -1.43. The van der Waals surface area contributed by atoms with E-state index in [-0.39, 0.29) is 6.54 Å². The molecule has 0 N–H and O–H groups in total. The molecule has 1 amide bonds. The summed E-state index contributed by atoms with van der Waals surface area (Å²) in [5.74, 6) is -0.483. The molecule has 1 aromatic carbocycles. The predicted molar refractivity (Wildman–Crippen MR) is 72.6 cm³/mol. The minimum absolute atomic E-state index is 0.0915. The van der Waals surface area contributed by atoms with Crippen LogP contribution in [0.15, 0.2) is 41.8 Å². The van der Waals surface area contributed by atoms with Crippen LogP contribution in [-0.4, -0.2) is 35.3 Å². The lowest BCUT2D eigenvalue weighted by Crippen LogP contribution is -2.43. The molecule has 1 unspecified atom stereocenters. The molecule has 6 heteroatoms. The van der Waals surface area contributed by atoms with E-state index in [4.69, 9.17) is 0 Å². The first-order valence-electron chi connectivity index (χ1n) is 6.11. The van der Waals surface area contributed by atoms with Gasteiger partial charge in [-0.25, -0.2) is 0 Å². The summed E-state index contributed by atoms with van der Waals surface area (Å²) in [5.41, 5.74) is 1.02. The number of thioether (sulfide) groups is 1. The van der Waals surface area contributed by atoms with Gasteiger partial charge in [0.05, 0.1) is 5.25 Å². The highest BCUT2D eigenvalue weighted by atomic mass is 32.2. The lowest BCUT2D eigenvalue weighted by Gasteiger charge is -2.25. The van der Waals surface area contributed by atoms with Gasteiger partial charge in [-0.2, -0.15) is 13.2 Å². The molecule has 0 spiro atoms. The Balaban J connectivity index is 2.08. The molecule has 20 heavy (non-hydrogen) atoms. The van der Waals surface area contributed by atoms with E-state index in [0.29, 0.717) is 6.42 Å². The maximum atomic E-state index is 12.5. The highest BCUT2D eigenvalue weighted by molar-refractivity contribution is 8.01. The molecule has 1 atom stereocenters. The second kappa shape index (κ2) is 5.91. The average molecular weight is 301 g/mol. The van der Waals surface area contributed by atoms with E-state index in [2.05, 4.69) is 6.58 Å². The van der Waals surface area contributed by atoms with Gasteiger partial charge in [0.15, 0.2) is 0 Å². The van der Waals surface area contributed by atoms with Crippen LogP contribution in [0.2, 0.25) is 0 Å². The molecule has 1 aliphatic rings. The fourth-order valence-electron chi connectivity index (χ4n) is 2.13. The fraction of sp³-hybridized carbons (Fsp3) is 0.357. The maximum absolute atomic E-state index is 12.5. The maximum Gasteiger partial charge on any atom is 0.406 e. The van der Waals surface area contributed by atoms with Gasteiger partial charge in [-0.1, -0.05) is 24.3 Å². The third-order valence-electron chi connectivity index (χ3n) is 2.95. The van der Waals surface area contributed by atoms with Crippen molar-refractivity contribution >= 4 is 17.7 Å². The van der Waals surface area contributed by atoms with Gasteiger partial charge < -0.3 is 4.90 Å². The van der Waals surface area contributed by atoms with Crippen molar-refractivity contribution in [3.8, 4) is 0 Å². The fourth-order valence-corrected chi connectivity index (χ4v) is 3.41. The summed E-state index contributed by atoms with van der Waals surface area (Å²) >= 11 is 1.33. The topological polar surface area (TPSA) is 20.3 Å². The first-order chi connectivity index (χ1) is 9.40. The number of hydrogen-bond acceptors (Lipinski definition) is 2. The zero-order chi connectivity index (χ0) is 14.8. The lowest BCUT2D eigenvalue weighted by molar-refractivity contribution is -0.159. The molecule has 0 aliphatic carbocycles. The molecule has 108 valence electrons. The number of hydrogen-bond donors (Lipinski definition) is 0. The van der Waals surface area contributed by atoms with E-state index in [9.17, 15) is 18.0 Å². The predicted octanol–water partition coefficient (Wildman–Crippen LogP) is 3.28. The summed E-state index contributed by atoms with van der Waals surface area (Å²) < 4.78 is 37.5. The SMILES string of the molecule is C=CCN(CC(F)(F)F)C(=O)C1Cc2ccccc2S1. The summed E-state index contributed by atoms with van der Waals surface area (Å²) in [6.45, 7) is 2.09. The minimum Gasteiger partial charge on any atom is -0.329 e. The molecule has 0 radical (unpaired) electrons. The Morgan fingerprint density at radius 2 is 2.15 bits per heavy atom. The minimum atomic E-state index is -4.39. The van der Waals surface area contributed by atoms with Gasteiger partial charge in [0, 0.05) is 11.4 Å². The molecule has 0 saturated heterocycles. The molecular formula is C14H14F3NOS. The number of carbonyl (C=O) groups excluding carboxylic acids is 1. The smallest absolute Gasteiger partial charge is 0.329 e. The van der Waals surface area contributed by atoms with Crippen LogP contribution in [0.5, 0.6) is 0 Å². The highest BCUT2D eigenvalue weighted by Gasteiger charge is 2.37. The average Bonchev–Trinajstić information content (AvgIpc) is 2.79. The van der Waals surface area contributed by atoms with Gasteiger partial charge in [0.2, 0.25) is 5.91 Å². The third-order valence-corrected chi connectivity index (χ3v) is 4.26. The molecule has 2 nitrogen and oxygen atoms in total. The lowest BCUT2D eigenvalue weighted by atomic mass is 10.1. The second-order valence-electron chi connectivity index (χ2n) is 4.54. The summed E-state index contributed by atoms with van der Waals surface area (Å²) in [5, 5.41) is -0.477. The van der Waals surface area contributed by atoms with Crippen molar-refractivity contribution in [2.75, 3.05) is 13.1 Å². The normalized spacial score (nSPS) is 17.6. The van der Waals surface area contributed by atoms with Crippen LogP contribution in [-0.2, 0) is 11.2 Å². The van der Waals surface area contributed by atoms with Crippen molar-refractivity contribution in [2.45, 2.75) is 22.7 Å². The van der Waals surface area contributed by atoms with Crippen molar-refractivity contribution in [3.63, 3.8) is 0 Å². The van der Waals surface area contributed by atoms with Crippen LogP contribution in [0.1, 0.15) is 5.56 Å². The van der Waals surface area contributed by atoms with Crippen LogP contribution in [0.25, 0.3) is 0 Å². The Bertz CT molecular complexity index is 490. The van der Waals surface area contributed by atoms with Crippen molar-refractivity contribution in [1.29, 1.82) is 0 Å². The number of fused-ring (bicyclic) bond motifs is 1. The molecule has 0 bridgehead atoms. The van der Waals surface area contributed by atoms with Crippen LogP contribution in [0, 0.1) is 0 Å². The number of carbonyl (C=O) groups is 1. The zero-order valence-electron chi connectivity index (χ0n) is 10.7. The van der Waals surface area contributed by atoms with Gasteiger partial charge in [-0.05, 0) is 18.1 Å². The Labute approximate surface area is 119 Å². The number of alkyl halides is 3. The third kappa shape index (κ3) is 3.56. The molecule has 1 aromatic rings. The van der Waals surface area contributed by atoms with E-state index in [1.54, 1.807) is 0 Å². The van der Waals surface area contributed by atoms with E-state index in [1.165, 1.54) is 17.8 Å². The van der Waals surface area contributed by atoms with Crippen LogP contribution in [0.3, 0.4) is 0 Å². The van der Waals surface area contributed by atoms with Crippen LogP contribution >= 0.6 is 11.8 Å². The molecule has 0 aromatic heterocycles. The molecule has 1 aliphatic heterocycles.